The van der Waals surface area contributed by atoms with Gasteiger partial charge in [-0.2, -0.15) is 0 Å². The Hall–Kier alpha value is -4.41. The molecule has 6 aromatic rings. The second kappa shape index (κ2) is 9.09. The Labute approximate surface area is 208 Å². The van der Waals surface area contributed by atoms with E-state index in [0.29, 0.717) is 22.5 Å². The molecule has 2 heterocycles. The molecule has 0 aliphatic rings. The molecule has 0 aliphatic carbocycles. The van der Waals surface area contributed by atoms with Crippen LogP contribution >= 0.6 is 11.6 Å². The van der Waals surface area contributed by atoms with Gasteiger partial charge in [-0.3, -0.25) is 4.98 Å². The van der Waals surface area contributed by atoms with Gasteiger partial charge < -0.3 is 0 Å². The van der Waals surface area contributed by atoms with Crippen LogP contribution in [0.4, 0.5) is 0 Å². The average molecular weight is 471 g/mol. The zero-order valence-electron chi connectivity index (χ0n) is 18.6. The predicted molar refractivity (Wildman–Crippen MR) is 142 cm³/mol. The van der Waals surface area contributed by atoms with Crippen LogP contribution < -0.4 is 0 Å². The first-order valence-corrected chi connectivity index (χ1v) is 11.6. The molecule has 6 rings (SSSR count). The number of pyridine rings is 1. The van der Waals surface area contributed by atoms with Gasteiger partial charge in [0, 0.05) is 38.9 Å². The molecule has 0 spiro atoms. The lowest BCUT2D eigenvalue weighted by Crippen LogP contribution is -2.01. The first kappa shape index (κ1) is 21.1. The van der Waals surface area contributed by atoms with E-state index in [2.05, 4.69) is 17.1 Å². The molecule has 0 fully saturated rings. The summed E-state index contributed by atoms with van der Waals surface area (Å²) in [5.41, 5.74) is 5.55. The third-order valence-electron chi connectivity index (χ3n) is 5.85. The fourth-order valence-electron chi connectivity index (χ4n) is 4.12. The lowest BCUT2D eigenvalue weighted by Gasteiger charge is -2.12. The largest absolute Gasteiger partial charge is 0.256 e. The summed E-state index contributed by atoms with van der Waals surface area (Å²) in [6.45, 7) is 0. The zero-order valence-corrected chi connectivity index (χ0v) is 19.4. The van der Waals surface area contributed by atoms with Crippen LogP contribution in [0.2, 0.25) is 5.02 Å². The van der Waals surface area contributed by atoms with E-state index in [4.69, 9.17) is 26.6 Å². The van der Waals surface area contributed by atoms with Crippen molar-refractivity contribution in [3.63, 3.8) is 0 Å². The van der Waals surface area contributed by atoms with E-state index < -0.39 is 0 Å². The van der Waals surface area contributed by atoms with Gasteiger partial charge in [-0.25, -0.2) is 15.0 Å². The zero-order chi connectivity index (χ0) is 23.6. The standard InChI is InChI=1S/C30H19ClN4/c31-26-16-9-17-27-25(26)18-22(19-32-27)23-14-7-8-15-24(23)30-34-28(20-10-3-1-4-11-20)33-29(35-30)21-12-5-2-6-13-21/h1-19H. The number of aromatic nitrogens is 4. The number of halogens is 1. The molecule has 0 aliphatic heterocycles. The highest BCUT2D eigenvalue weighted by molar-refractivity contribution is 6.35. The van der Waals surface area contributed by atoms with Crippen LogP contribution in [0.1, 0.15) is 0 Å². The van der Waals surface area contributed by atoms with Crippen molar-refractivity contribution < 1.29 is 0 Å². The van der Waals surface area contributed by atoms with E-state index in [1.54, 1.807) is 0 Å². The normalized spacial score (nSPS) is 11.0. The van der Waals surface area contributed by atoms with Gasteiger partial charge in [0.2, 0.25) is 0 Å². The van der Waals surface area contributed by atoms with Gasteiger partial charge in [0.05, 0.1) is 5.52 Å². The number of hydrogen-bond acceptors (Lipinski definition) is 4. The summed E-state index contributed by atoms with van der Waals surface area (Å²) in [5.74, 6) is 1.86. The van der Waals surface area contributed by atoms with Gasteiger partial charge >= 0.3 is 0 Å². The van der Waals surface area contributed by atoms with Gasteiger partial charge in [-0.15, -0.1) is 0 Å². The van der Waals surface area contributed by atoms with Gasteiger partial charge in [0.1, 0.15) is 0 Å². The lowest BCUT2D eigenvalue weighted by molar-refractivity contribution is 1.07. The number of benzene rings is 4. The molecule has 0 bridgehead atoms. The van der Waals surface area contributed by atoms with Crippen LogP contribution in [0.5, 0.6) is 0 Å². The van der Waals surface area contributed by atoms with Gasteiger partial charge in [0.25, 0.3) is 0 Å². The molecular formula is C30H19ClN4. The van der Waals surface area contributed by atoms with E-state index in [9.17, 15) is 0 Å². The molecule has 4 nitrogen and oxygen atoms in total. The third kappa shape index (κ3) is 4.16. The summed E-state index contributed by atoms with van der Waals surface area (Å²) < 4.78 is 0. The number of fused-ring (bicyclic) bond motifs is 1. The first-order valence-electron chi connectivity index (χ1n) is 11.3. The highest BCUT2D eigenvalue weighted by Gasteiger charge is 2.16. The Bertz CT molecular complexity index is 1590. The van der Waals surface area contributed by atoms with Crippen molar-refractivity contribution in [2.45, 2.75) is 0 Å². The smallest absolute Gasteiger partial charge is 0.164 e. The van der Waals surface area contributed by atoms with Crippen LogP contribution in [0.25, 0.3) is 56.2 Å². The second-order valence-corrected chi connectivity index (χ2v) is 8.52. The molecule has 0 saturated heterocycles. The van der Waals surface area contributed by atoms with Crippen molar-refractivity contribution in [3.8, 4) is 45.3 Å². The molecule has 0 amide bonds. The van der Waals surface area contributed by atoms with E-state index in [1.807, 2.05) is 103 Å². The maximum atomic E-state index is 6.48. The summed E-state index contributed by atoms with van der Waals surface area (Å²) in [6.07, 6.45) is 1.87. The molecule has 166 valence electrons. The molecule has 0 unspecified atom stereocenters. The van der Waals surface area contributed by atoms with Crippen LogP contribution in [0.15, 0.2) is 115 Å². The summed E-state index contributed by atoms with van der Waals surface area (Å²) in [4.78, 5) is 19.2. The molecule has 2 aromatic heterocycles. The number of hydrogen-bond donors (Lipinski definition) is 0. The molecule has 0 saturated carbocycles. The van der Waals surface area contributed by atoms with E-state index >= 15 is 0 Å². The number of rotatable bonds is 4. The van der Waals surface area contributed by atoms with Crippen LogP contribution in [0.3, 0.4) is 0 Å². The van der Waals surface area contributed by atoms with Gasteiger partial charge in [0.15, 0.2) is 17.5 Å². The summed E-state index contributed by atoms with van der Waals surface area (Å²) in [6, 6.07) is 35.9. The predicted octanol–water partition coefficient (Wildman–Crippen LogP) is 7.74. The van der Waals surface area contributed by atoms with Crippen molar-refractivity contribution in [3.05, 3.63) is 120 Å². The highest BCUT2D eigenvalue weighted by atomic mass is 35.5. The third-order valence-corrected chi connectivity index (χ3v) is 6.18. The fraction of sp³-hybridized carbons (Fsp3) is 0. The molecule has 5 heteroatoms. The van der Waals surface area contributed by atoms with Crippen LogP contribution in [-0.4, -0.2) is 19.9 Å². The Kier molecular flexibility index (Phi) is 5.49. The minimum absolute atomic E-state index is 0.604. The Morgan fingerprint density at radius 3 is 1.71 bits per heavy atom. The fourth-order valence-corrected chi connectivity index (χ4v) is 4.34. The quantitative estimate of drug-likeness (QED) is 0.264. The van der Waals surface area contributed by atoms with E-state index in [-0.39, 0.29) is 0 Å². The molecule has 0 radical (unpaired) electrons. The Morgan fingerprint density at radius 1 is 0.486 bits per heavy atom. The van der Waals surface area contributed by atoms with E-state index in [1.165, 1.54) is 0 Å². The van der Waals surface area contributed by atoms with Crippen molar-refractivity contribution in [1.29, 1.82) is 0 Å². The van der Waals surface area contributed by atoms with Gasteiger partial charge in [-0.05, 0) is 23.8 Å². The molecule has 4 aromatic carbocycles. The summed E-state index contributed by atoms with van der Waals surface area (Å²) >= 11 is 6.48. The maximum absolute atomic E-state index is 6.48. The van der Waals surface area contributed by atoms with E-state index in [0.717, 1.165) is 38.7 Å². The van der Waals surface area contributed by atoms with Gasteiger partial charge in [-0.1, -0.05) is 103 Å². The number of nitrogens with zero attached hydrogens (tertiary/aromatic N) is 4. The highest BCUT2D eigenvalue weighted by Crippen LogP contribution is 2.34. The van der Waals surface area contributed by atoms with Crippen LogP contribution in [0, 0.1) is 0 Å². The molecule has 0 atom stereocenters. The molecule has 0 N–H and O–H groups in total. The lowest BCUT2D eigenvalue weighted by atomic mass is 9.99. The van der Waals surface area contributed by atoms with Crippen molar-refractivity contribution in [2.75, 3.05) is 0 Å². The van der Waals surface area contributed by atoms with Crippen molar-refractivity contribution in [1.82, 2.24) is 19.9 Å². The second-order valence-electron chi connectivity index (χ2n) is 8.11. The Balaban J connectivity index is 1.57. The summed E-state index contributed by atoms with van der Waals surface area (Å²) in [7, 11) is 0. The minimum Gasteiger partial charge on any atom is -0.256 e. The molecule has 35 heavy (non-hydrogen) atoms. The summed E-state index contributed by atoms with van der Waals surface area (Å²) in [5, 5.41) is 1.58. The maximum Gasteiger partial charge on any atom is 0.164 e. The van der Waals surface area contributed by atoms with Crippen molar-refractivity contribution in [2.24, 2.45) is 0 Å². The van der Waals surface area contributed by atoms with Crippen molar-refractivity contribution >= 4 is 22.5 Å². The Morgan fingerprint density at radius 2 is 1.06 bits per heavy atom. The topological polar surface area (TPSA) is 51.6 Å². The minimum atomic E-state index is 0.604. The first-order chi connectivity index (χ1) is 17.3. The SMILES string of the molecule is Clc1cccc2ncc(-c3ccccc3-c3nc(-c4ccccc4)nc(-c4ccccc4)n3)cc12. The monoisotopic (exact) mass is 470 g/mol. The molecular weight excluding hydrogens is 452 g/mol. The average Bonchev–Trinajstić information content (AvgIpc) is 2.94. The van der Waals surface area contributed by atoms with Crippen LogP contribution in [-0.2, 0) is 0 Å².